The van der Waals surface area contributed by atoms with Crippen LogP contribution in [0.4, 0.5) is 5.69 Å². The molecule has 0 aliphatic heterocycles. The zero-order valence-electron chi connectivity index (χ0n) is 13.3. The van der Waals surface area contributed by atoms with E-state index < -0.39 is 0 Å². The Labute approximate surface area is 142 Å². The molecule has 2 rings (SSSR count). The van der Waals surface area contributed by atoms with E-state index >= 15 is 0 Å². The molecular formula is C18H21ClN2S. The van der Waals surface area contributed by atoms with Crippen LogP contribution in [0.1, 0.15) is 35.2 Å². The van der Waals surface area contributed by atoms with Gasteiger partial charge in [0, 0.05) is 10.7 Å². The average Bonchev–Trinajstić information content (AvgIpc) is 2.45. The predicted octanol–water partition coefficient (Wildman–Crippen LogP) is 5.31. The predicted molar refractivity (Wildman–Crippen MR) is 99.9 cm³/mol. The van der Waals surface area contributed by atoms with Gasteiger partial charge in [0.25, 0.3) is 0 Å². The van der Waals surface area contributed by atoms with Gasteiger partial charge < -0.3 is 10.6 Å². The fraction of sp³-hybridized carbons (Fsp3) is 0.278. The van der Waals surface area contributed by atoms with Gasteiger partial charge in [-0.1, -0.05) is 23.7 Å². The van der Waals surface area contributed by atoms with Crippen molar-refractivity contribution in [1.82, 2.24) is 5.32 Å². The second-order valence-corrected chi connectivity index (χ2v) is 6.46. The maximum absolute atomic E-state index is 5.88. The summed E-state index contributed by atoms with van der Waals surface area (Å²) in [6, 6.07) is 12.1. The minimum Gasteiger partial charge on any atom is -0.356 e. The minimum atomic E-state index is 0.145. The first kappa shape index (κ1) is 16.8. The van der Waals surface area contributed by atoms with Crippen LogP contribution in [0.15, 0.2) is 36.4 Å². The van der Waals surface area contributed by atoms with Crippen molar-refractivity contribution in [2.75, 3.05) is 5.32 Å². The van der Waals surface area contributed by atoms with E-state index in [0.717, 1.165) is 5.69 Å². The van der Waals surface area contributed by atoms with Crippen LogP contribution in [0, 0.1) is 20.8 Å². The first-order chi connectivity index (χ1) is 10.4. The van der Waals surface area contributed by atoms with Gasteiger partial charge in [0.15, 0.2) is 5.11 Å². The molecule has 0 aromatic heterocycles. The Balaban J connectivity index is 2.05. The standard InChI is InChI=1S/C18H21ClN2S/c1-11-9-13(3)17(10-12(11)2)14(4)20-18(22)21-16-7-5-15(19)6-8-16/h5-10,14H,1-4H3,(H2,20,21,22)/t14-/m1/s1. The third kappa shape index (κ3) is 4.21. The molecule has 0 spiro atoms. The molecule has 4 heteroatoms. The lowest BCUT2D eigenvalue weighted by atomic mass is 9.97. The molecule has 0 radical (unpaired) electrons. The van der Waals surface area contributed by atoms with Gasteiger partial charge in [0.05, 0.1) is 6.04 Å². The highest BCUT2D eigenvalue weighted by Gasteiger charge is 2.11. The number of thiocarbonyl (C=S) groups is 1. The molecule has 0 unspecified atom stereocenters. The number of hydrogen-bond donors (Lipinski definition) is 2. The normalized spacial score (nSPS) is 11.9. The van der Waals surface area contributed by atoms with Crippen LogP contribution in [0.3, 0.4) is 0 Å². The zero-order chi connectivity index (χ0) is 16.3. The summed E-state index contributed by atoms with van der Waals surface area (Å²) in [5.74, 6) is 0. The Morgan fingerprint density at radius 3 is 2.23 bits per heavy atom. The maximum Gasteiger partial charge on any atom is 0.171 e. The van der Waals surface area contributed by atoms with Crippen molar-refractivity contribution in [3.63, 3.8) is 0 Å². The van der Waals surface area contributed by atoms with Gasteiger partial charge >= 0.3 is 0 Å². The van der Waals surface area contributed by atoms with Gasteiger partial charge in [-0.2, -0.15) is 0 Å². The number of anilines is 1. The van der Waals surface area contributed by atoms with Gasteiger partial charge in [-0.05, 0) is 86.4 Å². The third-order valence-corrected chi connectivity index (χ3v) is 4.27. The van der Waals surface area contributed by atoms with Crippen molar-refractivity contribution in [1.29, 1.82) is 0 Å². The molecule has 0 aliphatic rings. The van der Waals surface area contributed by atoms with Crippen LogP contribution >= 0.6 is 23.8 Å². The molecule has 0 fully saturated rings. The van der Waals surface area contributed by atoms with Crippen molar-refractivity contribution >= 4 is 34.6 Å². The molecule has 0 saturated carbocycles. The molecule has 2 aromatic rings. The topological polar surface area (TPSA) is 24.1 Å². The molecule has 2 aromatic carbocycles. The molecule has 0 saturated heterocycles. The van der Waals surface area contributed by atoms with Crippen LogP contribution in [0.2, 0.25) is 5.02 Å². The lowest BCUT2D eigenvalue weighted by Gasteiger charge is -2.20. The zero-order valence-corrected chi connectivity index (χ0v) is 14.9. The molecule has 116 valence electrons. The Bertz CT molecular complexity index is 680. The summed E-state index contributed by atoms with van der Waals surface area (Å²) in [6.45, 7) is 8.52. The summed E-state index contributed by atoms with van der Waals surface area (Å²) >= 11 is 11.3. The molecule has 0 aliphatic carbocycles. The summed E-state index contributed by atoms with van der Waals surface area (Å²) < 4.78 is 0. The lowest BCUT2D eigenvalue weighted by Crippen LogP contribution is -2.31. The maximum atomic E-state index is 5.88. The van der Waals surface area contributed by atoms with Crippen LogP contribution in [-0.2, 0) is 0 Å². The summed E-state index contributed by atoms with van der Waals surface area (Å²) in [5, 5.41) is 7.83. The van der Waals surface area contributed by atoms with Crippen molar-refractivity contribution in [2.45, 2.75) is 33.7 Å². The number of nitrogens with one attached hydrogen (secondary N) is 2. The number of hydrogen-bond acceptors (Lipinski definition) is 1. The fourth-order valence-electron chi connectivity index (χ4n) is 2.42. The molecule has 0 heterocycles. The van der Waals surface area contributed by atoms with Gasteiger partial charge in [0.2, 0.25) is 0 Å². The van der Waals surface area contributed by atoms with Gasteiger partial charge in [0.1, 0.15) is 0 Å². The highest BCUT2D eigenvalue weighted by molar-refractivity contribution is 7.80. The monoisotopic (exact) mass is 332 g/mol. The van der Waals surface area contributed by atoms with E-state index in [9.17, 15) is 0 Å². The average molecular weight is 333 g/mol. The van der Waals surface area contributed by atoms with E-state index in [1.165, 1.54) is 22.3 Å². The van der Waals surface area contributed by atoms with Crippen molar-refractivity contribution < 1.29 is 0 Å². The number of rotatable bonds is 3. The molecule has 1 atom stereocenters. The Hall–Kier alpha value is -1.58. The van der Waals surface area contributed by atoms with Crippen molar-refractivity contribution in [3.8, 4) is 0 Å². The Morgan fingerprint density at radius 1 is 1.00 bits per heavy atom. The second kappa shape index (κ2) is 7.12. The quantitative estimate of drug-likeness (QED) is 0.744. The smallest absolute Gasteiger partial charge is 0.171 e. The van der Waals surface area contributed by atoms with Crippen LogP contribution in [-0.4, -0.2) is 5.11 Å². The van der Waals surface area contributed by atoms with Crippen LogP contribution in [0.5, 0.6) is 0 Å². The molecule has 22 heavy (non-hydrogen) atoms. The van der Waals surface area contributed by atoms with E-state index in [0.29, 0.717) is 10.1 Å². The Morgan fingerprint density at radius 2 is 1.59 bits per heavy atom. The van der Waals surface area contributed by atoms with Crippen LogP contribution in [0.25, 0.3) is 0 Å². The van der Waals surface area contributed by atoms with E-state index in [-0.39, 0.29) is 6.04 Å². The molecule has 0 bridgehead atoms. The lowest BCUT2D eigenvalue weighted by molar-refractivity contribution is 0.716. The van der Waals surface area contributed by atoms with Crippen molar-refractivity contribution in [3.05, 3.63) is 63.7 Å². The van der Waals surface area contributed by atoms with Crippen LogP contribution < -0.4 is 10.6 Å². The summed E-state index contributed by atoms with van der Waals surface area (Å²) in [7, 11) is 0. The first-order valence-corrected chi connectivity index (χ1v) is 8.06. The number of aryl methyl sites for hydroxylation is 3. The van der Waals surface area contributed by atoms with E-state index in [4.69, 9.17) is 23.8 Å². The summed E-state index contributed by atoms with van der Waals surface area (Å²) in [6.07, 6.45) is 0. The molecule has 0 amide bonds. The van der Waals surface area contributed by atoms with Gasteiger partial charge in [-0.3, -0.25) is 0 Å². The fourth-order valence-corrected chi connectivity index (χ4v) is 2.84. The Kier molecular flexibility index (Phi) is 5.43. The van der Waals surface area contributed by atoms with E-state index in [2.05, 4.69) is 50.5 Å². The largest absolute Gasteiger partial charge is 0.356 e. The molecular weight excluding hydrogens is 312 g/mol. The van der Waals surface area contributed by atoms with Crippen molar-refractivity contribution in [2.24, 2.45) is 0 Å². The minimum absolute atomic E-state index is 0.145. The summed E-state index contributed by atoms with van der Waals surface area (Å²) in [5.41, 5.74) is 6.08. The van der Waals surface area contributed by atoms with E-state index in [1.807, 2.05) is 24.3 Å². The highest BCUT2D eigenvalue weighted by atomic mass is 35.5. The van der Waals surface area contributed by atoms with Gasteiger partial charge in [-0.15, -0.1) is 0 Å². The number of benzene rings is 2. The SMILES string of the molecule is Cc1cc(C)c([C@@H](C)NC(=S)Nc2ccc(Cl)cc2)cc1C. The summed E-state index contributed by atoms with van der Waals surface area (Å²) in [4.78, 5) is 0. The van der Waals surface area contributed by atoms with Gasteiger partial charge in [-0.25, -0.2) is 0 Å². The van der Waals surface area contributed by atoms with E-state index in [1.54, 1.807) is 0 Å². The second-order valence-electron chi connectivity index (χ2n) is 5.62. The first-order valence-electron chi connectivity index (χ1n) is 7.27. The number of halogens is 1. The highest BCUT2D eigenvalue weighted by Crippen LogP contribution is 2.22. The molecule has 2 nitrogen and oxygen atoms in total. The molecule has 2 N–H and O–H groups in total. The third-order valence-electron chi connectivity index (χ3n) is 3.80.